The molecule has 3 heterocycles. The molecule has 3 N–H and O–H groups in total. The van der Waals surface area contributed by atoms with Gasteiger partial charge in [0.1, 0.15) is 6.10 Å². The zero-order valence-electron chi connectivity index (χ0n) is 32.5. The lowest BCUT2D eigenvalue weighted by Gasteiger charge is -2.51. The predicted molar refractivity (Wildman–Crippen MR) is 204 cm³/mol. The van der Waals surface area contributed by atoms with Crippen molar-refractivity contribution in [3.63, 3.8) is 0 Å². The Kier molecular flexibility index (Phi) is 17.8. The summed E-state index contributed by atoms with van der Waals surface area (Å²) < 4.78 is 42.5. The second-order valence-corrected chi connectivity index (χ2v) is 16.0. The molecule has 0 radical (unpaired) electrons. The topological polar surface area (TPSA) is 177 Å². The number of methoxy groups -OCH3 is 1. The van der Waals surface area contributed by atoms with Crippen LogP contribution < -0.4 is 0 Å². The summed E-state index contributed by atoms with van der Waals surface area (Å²) in [5.41, 5.74) is -0.181. The van der Waals surface area contributed by atoms with Crippen LogP contribution in [0.25, 0.3) is 0 Å². The van der Waals surface area contributed by atoms with Crippen LogP contribution in [0, 0.1) is 5.41 Å². The highest BCUT2D eigenvalue weighted by atomic mass is 79.9. The number of halogens is 1. The van der Waals surface area contributed by atoms with E-state index in [1.807, 2.05) is 24.3 Å². The summed E-state index contributed by atoms with van der Waals surface area (Å²) in [5.74, 6) is -4.31. The first kappa shape index (κ1) is 45.0. The van der Waals surface area contributed by atoms with E-state index in [0.29, 0.717) is 25.9 Å². The lowest BCUT2D eigenvalue weighted by Crippen LogP contribution is -2.62. The van der Waals surface area contributed by atoms with Crippen LogP contribution in [0.3, 0.4) is 0 Å². The van der Waals surface area contributed by atoms with Crippen molar-refractivity contribution in [3.05, 3.63) is 58.1 Å². The molecular formula is C41H59BrO13. The van der Waals surface area contributed by atoms with Gasteiger partial charge in [0.25, 0.3) is 0 Å². The number of aliphatic hydroxyl groups is 3. The van der Waals surface area contributed by atoms with Gasteiger partial charge in [-0.3, -0.25) is 9.59 Å². The minimum absolute atomic E-state index is 0.0181. The lowest BCUT2D eigenvalue weighted by molar-refractivity contribution is -0.327. The van der Waals surface area contributed by atoms with Gasteiger partial charge in [0.05, 0.1) is 51.2 Å². The molecule has 0 spiro atoms. The van der Waals surface area contributed by atoms with E-state index < -0.39 is 72.5 Å². The number of carbonyl (C=O) groups is 3. The number of hydrogen-bond donors (Lipinski definition) is 3. The van der Waals surface area contributed by atoms with Gasteiger partial charge in [-0.15, -0.1) is 0 Å². The van der Waals surface area contributed by atoms with E-state index in [1.165, 1.54) is 13.2 Å². The minimum atomic E-state index is -2.28. The van der Waals surface area contributed by atoms with Crippen molar-refractivity contribution in [3.8, 4) is 0 Å². The molecule has 0 unspecified atom stereocenters. The smallest absolute Gasteiger partial charge is 0.330 e. The maximum Gasteiger partial charge on any atom is 0.330 e. The Balaban J connectivity index is 1.70. The zero-order chi connectivity index (χ0) is 40.0. The molecule has 3 aliphatic rings. The first-order chi connectivity index (χ1) is 26.3. The third kappa shape index (κ3) is 13.5. The second kappa shape index (κ2) is 21.7. The molecule has 1 aromatic rings. The largest absolute Gasteiger partial charge is 0.466 e. The van der Waals surface area contributed by atoms with E-state index in [4.69, 9.17) is 33.2 Å². The van der Waals surface area contributed by atoms with E-state index in [0.717, 1.165) is 35.7 Å². The minimum Gasteiger partial charge on any atom is -0.466 e. The molecule has 1 aromatic carbocycles. The third-order valence-corrected chi connectivity index (χ3v) is 10.8. The molecule has 3 aliphatic heterocycles. The first-order valence-corrected chi connectivity index (χ1v) is 20.3. The van der Waals surface area contributed by atoms with Crippen molar-refractivity contribution in [1.29, 1.82) is 0 Å². The molecule has 14 heteroatoms. The molecule has 2 saturated heterocycles. The Labute approximate surface area is 332 Å². The molecule has 0 saturated carbocycles. The second-order valence-electron chi connectivity index (χ2n) is 15.1. The van der Waals surface area contributed by atoms with Gasteiger partial charge in [-0.25, -0.2) is 4.79 Å². The molecule has 0 aliphatic carbocycles. The van der Waals surface area contributed by atoms with Crippen LogP contribution >= 0.6 is 15.9 Å². The molecule has 8 atom stereocenters. The standard InChI is InChI=1S/C41H59BrO13/c1-5-6-7-8-9-10-35(45)54-39-28(22-36(46)49-4)21-32-24-33(26-43)52-37(47)23-30(44)16-19-50-34(27-11-13-29(42)14-12-27)25-31-17-20-51-38(53-31)15-18-40(2,3)41(39,48)55-32/h11-15,18,22,30-34,38-39,43-44,48H,5-10,16-17,19-21,23-26H2,1-4H3/b18-15+,28-22+/t30-,31+,32+,33-,34+,38+,39+,41-/m1/s1. The highest BCUT2D eigenvalue weighted by Gasteiger charge is 2.57. The van der Waals surface area contributed by atoms with Crippen LogP contribution in [0.5, 0.6) is 0 Å². The van der Waals surface area contributed by atoms with Gasteiger partial charge >= 0.3 is 17.9 Å². The summed E-state index contributed by atoms with van der Waals surface area (Å²) >= 11 is 3.48. The number of rotatable bonds is 10. The summed E-state index contributed by atoms with van der Waals surface area (Å²) in [4.78, 5) is 39.0. The molecule has 0 amide bonds. The Morgan fingerprint density at radius 2 is 1.73 bits per heavy atom. The van der Waals surface area contributed by atoms with E-state index in [9.17, 15) is 29.7 Å². The lowest BCUT2D eigenvalue weighted by atomic mass is 9.74. The van der Waals surface area contributed by atoms with Gasteiger partial charge in [-0.1, -0.05) is 80.6 Å². The van der Waals surface area contributed by atoms with Crippen molar-refractivity contribution in [1.82, 2.24) is 0 Å². The number of unbranched alkanes of at least 4 members (excludes halogenated alkanes) is 4. The fourth-order valence-electron chi connectivity index (χ4n) is 7.03. The molecule has 4 rings (SSSR count). The van der Waals surface area contributed by atoms with Crippen LogP contribution in [-0.4, -0.2) is 103 Å². The van der Waals surface area contributed by atoms with E-state index in [2.05, 4.69) is 22.9 Å². The SMILES string of the molecule is CCCCCCCC(=O)O[C@H]1/C(=C/C(=O)OC)C[C@H]2C[C@H](CO)OC(=O)C[C@H](O)CCO[C@H](c3ccc(Br)cc3)C[C@@H]3CCO[C@H](/C=C/C(C)(C)[C@]1(O)O2)O3. The van der Waals surface area contributed by atoms with E-state index in [-0.39, 0.29) is 50.4 Å². The van der Waals surface area contributed by atoms with Crippen molar-refractivity contribution in [2.75, 3.05) is 26.9 Å². The highest BCUT2D eigenvalue weighted by Crippen LogP contribution is 2.47. The molecule has 55 heavy (non-hydrogen) atoms. The van der Waals surface area contributed by atoms with Crippen LogP contribution in [0.15, 0.2) is 52.5 Å². The van der Waals surface area contributed by atoms with Gasteiger partial charge < -0.3 is 48.5 Å². The summed E-state index contributed by atoms with van der Waals surface area (Å²) in [5, 5.41) is 33.7. The quantitative estimate of drug-likeness (QED) is 0.0835. The highest BCUT2D eigenvalue weighted by molar-refractivity contribution is 9.10. The van der Waals surface area contributed by atoms with Crippen molar-refractivity contribution >= 4 is 33.8 Å². The summed E-state index contributed by atoms with van der Waals surface area (Å²) in [6.07, 6.45) is 3.94. The van der Waals surface area contributed by atoms with Crippen LogP contribution in [0.4, 0.5) is 0 Å². The Morgan fingerprint density at radius 1 is 1.00 bits per heavy atom. The van der Waals surface area contributed by atoms with Crippen molar-refractivity contribution < 1.29 is 62.9 Å². The number of benzene rings is 1. The molecule has 13 nitrogen and oxygen atoms in total. The van der Waals surface area contributed by atoms with Crippen LogP contribution in [-0.2, 0) is 47.5 Å². The molecule has 4 bridgehead atoms. The van der Waals surface area contributed by atoms with E-state index >= 15 is 0 Å². The molecular weight excluding hydrogens is 780 g/mol. The maximum atomic E-state index is 13.3. The number of cyclic esters (lactones) is 1. The number of aliphatic hydroxyl groups excluding tert-OH is 2. The van der Waals surface area contributed by atoms with Gasteiger partial charge in [-0.2, -0.15) is 0 Å². The van der Waals surface area contributed by atoms with Gasteiger partial charge in [0.15, 0.2) is 12.4 Å². The number of hydrogen-bond acceptors (Lipinski definition) is 13. The monoisotopic (exact) mass is 838 g/mol. The third-order valence-electron chi connectivity index (χ3n) is 10.3. The summed E-state index contributed by atoms with van der Waals surface area (Å²) in [6, 6.07) is 7.74. The number of esters is 3. The Hall–Kier alpha value is -2.69. The molecule has 0 aromatic heterocycles. The molecule has 308 valence electrons. The normalized spacial score (nSPS) is 32.2. The average Bonchev–Trinajstić information content (AvgIpc) is 3.14. The number of carbonyl (C=O) groups excluding carboxylic acids is 3. The Morgan fingerprint density at radius 3 is 2.44 bits per heavy atom. The maximum absolute atomic E-state index is 13.3. The van der Waals surface area contributed by atoms with Crippen LogP contribution in [0.2, 0.25) is 0 Å². The summed E-state index contributed by atoms with van der Waals surface area (Å²) in [6.45, 7) is 5.47. The number of ether oxygens (including phenoxy) is 7. The summed E-state index contributed by atoms with van der Waals surface area (Å²) in [7, 11) is 1.21. The zero-order valence-corrected chi connectivity index (χ0v) is 34.1. The molecule has 2 fully saturated rings. The van der Waals surface area contributed by atoms with Gasteiger partial charge in [0.2, 0.25) is 5.79 Å². The van der Waals surface area contributed by atoms with Gasteiger partial charge in [-0.05, 0) is 55.0 Å². The van der Waals surface area contributed by atoms with Crippen LogP contribution in [0.1, 0.15) is 109 Å². The fraction of sp³-hybridized carbons (Fsp3) is 0.683. The predicted octanol–water partition coefficient (Wildman–Crippen LogP) is 5.91. The van der Waals surface area contributed by atoms with E-state index in [1.54, 1.807) is 26.0 Å². The average molecular weight is 840 g/mol. The van der Waals surface area contributed by atoms with Crippen molar-refractivity contribution in [2.45, 2.75) is 147 Å². The first-order valence-electron chi connectivity index (χ1n) is 19.5. The van der Waals surface area contributed by atoms with Crippen molar-refractivity contribution in [2.24, 2.45) is 5.41 Å². The fourth-order valence-corrected chi connectivity index (χ4v) is 7.30. The number of fused-ring (bicyclic) bond motifs is 4. The Bertz CT molecular complexity index is 1450. The van der Waals surface area contributed by atoms with Gasteiger partial charge in [0, 0.05) is 41.8 Å².